The molecule has 2 aromatic carbocycles. The van der Waals surface area contributed by atoms with Crippen molar-refractivity contribution in [1.82, 2.24) is 4.90 Å². The Balaban J connectivity index is 2.52. The summed E-state index contributed by atoms with van der Waals surface area (Å²) in [6, 6.07) is 21.1. The van der Waals surface area contributed by atoms with E-state index in [1.807, 2.05) is 60.7 Å². The van der Waals surface area contributed by atoms with E-state index in [9.17, 15) is 25.1 Å². The summed E-state index contributed by atoms with van der Waals surface area (Å²) in [4.78, 5) is 25.2. The van der Waals surface area contributed by atoms with E-state index in [4.69, 9.17) is 0 Å². The molecule has 0 saturated carbocycles. The summed E-state index contributed by atoms with van der Waals surface area (Å²) in [6.07, 6.45) is 0.796. The van der Waals surface area contributed by atoms with Crippen LogP contribution >= 0.6 is 0 Å². The van der Waals surface area contributed by atoms with Crippen LogP contribution in [-0.2, 0) is 15.0 Å². The highest BCUT2D eigenvalue weighted by atomic mass is 16.4. The lowest BCUT2D eigenvalue weighted by molar-refractivity contribution is -0.155. The number of carbonyl (C=O) groups is 2. The van der Waals surface area contributed by atoms with Crippen molar-refractivity contribution in [3.05, 3.63) is 71.8 Å². The van der Waals surface area contributed by atoms with Crippen molar-refractivity contribution in [2.45, 2.75) is 44.1 Å². The van der Waals surface area contributed by atoms with Gasteiger partial charge in [-0.05, 0) is 30.4 Å². The zero-order chi connectivity index (χ0) is 22.2. The van der Waals surface area contributed by atoms with Gasteiger partial charge in [0.25, 0.3) is 0 Å². The first-order valence-electron chi connectivity index (χ1n) is 10.1. The van der Waals surface area contributed by atoms with Crippen molar-refractivity contribution in [3.8, 4) is 6.07 Å². The number of carboxylic acids is 2. The second-order valence-electron chi connectivity index (χ2n) is 7.36. The highest BCUT2D eigenvalue weighted by Gasteiger charge is 2.44. The van der Waals surface area contributed by atoms with Gasteiger partial charge in [0.2, 0.25) is 0 Å². The summed E-state index contributed by atoms with van der Waals surface area (Å²) < 4.78 is 0. The van der Waals surface area contributed by atoms with Crippen LogP contribution in [0.25, 0.3) is 0 Å². The van der Waals surface area contributed by atoms with Crippen molar-refractivity contribution in [3.63, 3.8) is 0 Å². The number of hydrogen-bond donors (Lipinski definition) is 2. The van der Waals surface area contributed by atoms with Crippen LogP contribution in [0.4, 0.5) is 0 Å². The fourth-order valence-corrected chi connectivity index (χ4v) is 4.13. The first-order chi connectivity index (χ1) is 14.4. The van der Waals surface area contributed by atoms with Gasteiger partial charge in [0.15, 0.2) is 0 Å². The third-order valence-electron chi connectivity index (χ3n) is 5.98. The van der Waals surface area contributed by atoms with Crippen LogP contribution in [0.3, 0.4) is 0 Å². The minimum absolute atomic E-state index is 0.150. The van der Waals surface area contributed by atoms with Gasteiger partial charge in [0.05, 0.1) is 12.6 Å². The molecule has 0 aliphatic heterocycles. The molecule has 0 bridgehead atoms. The zero-order valence-electron chi connectivity index (χ0n) is 17.4. The fraction of sp³-hybridized carbons (Fsp3) is 0.375. The van der Waals surface area contributed by atoms with Crippen molar-refractivity contribution in [2.24, 2.45) is 0 Å². The lowest BCUT2D eigenvalue weighted by atomic mass is 9.73. The van der Waals surface area contributed by atoms with E-state index in [1.165, 1.54) is 4.90 Å². The number of nitrogens with zero attached hydrogens (tertiary/aromatic N) is 2. The number of aliphatic carboxylic acids is 2. The molecule has 0 atom stereocenters. The van der Waals surface area contributed by atoms with Crippen LogP contribution in [0.2, 0.25) is 0 Å². The third kappa shape index (κ3) is 4.52. The molecular formula is C24H28N2O4. The second-order valence-corrected chi connectivity index (χ2v) is 7.36. The maximum atomic E-state index is 12.1. The Kier molecular flexibility index (Phi) is 7.73. The predicted octanol–water partition coefficient (Wildman–Crippen LogP) is 3.92. The number of hydrogen-bond acceptors (Lipinski definition) is 4. The summed E-state index contributed by atoms with van der Waals surface area (Å²) in [5.41, 5.74) is -0.733. The average Bonchev–Trinajstić information content (AvgIpc) is 2.76. The van der Waals surface area contributed by atoms with Crippen LogP contribution in [-0.4, -0.2) is 45.7 Å². The van der Waals surface area contributed by atoms with Gasteiger partial charge in [-0.3, -0.25) is 14.5 Å². The minimum Gasteiger partial charge on any atom is -0.480 e. The molecule has 0 aliphatic rings. The molecule has 0 aromatic heterocycles. The number of carboxylic acid groups (broad SMARTS) is 2. The maximum Gasteiger partial charge on any atom is 0.324 e. The van der Waals surface area contributed by atoms with Crippen LogP contribution in [0, 0.1) is 11.3 Å². The van der Waals surface area contributed by atoms with Crippen molar-refractivity contribution in [2.75, 3.05) is 13.1 Å². The number of benzene rings is 2. The Morgan fingerprint density at radius 1 is 0.933 bits per heavy atom. The van der Waals surface area contributed by atoms with Gasteiger partial charge < -0.3 is 10.2 Å². The normalized spacial score (nSPS) is 11.8. The summed E-state index contributed by atoms with van der Waals surface area (Å²) in [5, 5.41) is 29.7. The molecule has 2 rings (SSSR count). The molecule has 30 heavy (non-hydrogen) atoms. The van der Waals surface area contributed by atoms with Gasteiger partial charge in [-0.1, -0.05) is 74.5 Å². The van der Waals surface area contributed by atoms with Crippen molar-refractivity contribution < 1.29 is 19.8 Å². The highest BCUT2D eigenvalue weighted by Crippen LogP contribution is 2.36. The Labute approximate surface area is 177 Å². The second kappa shape index (κ2) is 10.0. The molecule has 0 radical (unpaired) electrons. The molecule has 6 nitrogen and oxygen atoms in total. The van der Waals surface area contributed by atoms with E-state index in [2.05, 4.69) is 6.07 Å². The maximum absolute atomic E-state index is 12.1. The first kappa shape index (κ1) is 23.1. The standard InChI is InChI=1S/C24H28N2O4/c1-3-24(4-2,22(29)30)26(17-21(27)28)16-15-23(18-25,19-11-7-5-8-12-19)20-13-9-6-10-14-20/h5-14H,3-4,15-17H2,1-2H3,(H,27,28)(H,29,30). The molecule has 0 amide bonds. The third-order valence-corrected chi connectivity index (χ3v) is 5.98. The largest absolute Gasteiger partial charge is 0.480 e. The quantitative estimate of drug-likeness (QED) is 0.584. The summed E-state index contributed by atoms with van der Waals surface area (Å²) >= 11 is 0. The lowest BCUT2D eigenvalue weighted by Crippen LogP contribution is -2.56. The zero-order valence-corrected chi connectivity index (χ0v) is 17.4. The molecule has 0 aliphatic carbocycles. The smallest absolute Gasteiger partial charge is 0.324 e. The van der Waals surface area contributed by atoms with Gasteiger partial charge >= 0.3 is 11.9 Å². The van der Waals surface area contributed by atoms with E-state index < -0.39 is 29.4 Å². The van der Waals surface area contributed by atoms with Gasteiger partial charge in [0, 0.05) is 6.54 Å². The molecule has 2 N–H and O–H groups in total. The first-order valence-corrected chi connectivity index (χ1v) is 10.1. The Morgan fingerprint density at radius 2 is 1.40 bits per heavy atom. The molecule has 2 aromatic rings. The molecule has 0 saturated heterocycles. The van der Waals surface area contributed by atoms with E-state index >= 15 is 0 Å². The molecular weight excluding hydrogens is 380 g/mol. The number of rotatable bonds is 11. The summed E-state index contributed by atoms with van der Waals surface area (Å²) in [5.74, 6) is -2.14. The Bertz CT molecular complexity index is 847. The minimum atomic E-state index is -1.30. The van der Waals surface area contributed by atoms with Crippen LogP contribution < -0.4 is 0 Å². The Morgan fingerprint density at radius 3 is 1.73 bits per heavy atom. The summed E-state index contributed by atoms with van der Waals surface area (Å²) in [7, 11) is 0. The van der Waals surface area contributed by atoms with E-state index in [0.717, 1.165) is 11.1 Å². The SMILES string of the molecule is CCC(CC)(C(=O)O)N(CCC(C#N)(c1ccccc1)c1ccccc1)CC(=O)O. The highest BCUT2D eigenvalue weighted by molar-refractivity contribution is 5.80. The van der Waals surface area contributed by atoms with Gasteiger partial charge in [-0.2, -0.15) is 5.26 Å². The number of nitriles is 1. The van der Waals surface area contributed by atoms with Crippen LogP contribution in [0.5, 0.6) is 0 Å². The van der Waals surface area contributed by atoms with Gasteiger partial charge in [-0.15, -0.1) is 0 Å². The molecule has 0 fully saturated rings. The topological polar surface area (TPSA) is 102 Å². The summed E-state index contributed by atoms with van der Waals surface area (Å²) in [6.45, 7) is 3.24. The monoisotopic (exact) mass is 408 g/mol. The molecule has 158 valence electrons. The average molecular weight is 408 g/mol. The van der Waals surface area contributed by atoms with E-state index in [0.29, 0.717) is 0 Å². The van der Waals surface area contributed by atoms with Crippen molar-refractivity contribution in [1.29, 1.82) is 5.26 Å². The van der Waals surface area contributed by atoms with Crippen LogP contribution in [0.1, 0.15) is 44.2 Å². The molecule has 6 heteroatoms. The van der Waals surface area contributed by atoms with Crippen molar-refractivity contribution >= 4 is 11.9 Å². The van der Waals surface area contributed by atoms with Gasteiger partial charge in [0.1, 0.15) is 11.0 Å². The van der Waals surface area contributed by atoms with Gasteiger partial charge in [-0.25, -0.2) is 0 Å². The van der Waals surface area contributed by atoms with Crippen LogP contribution in [0.15, 0.2) is 60.7 Å². The molecule has 0 heterocycles. The molecule has 0 spiro atoms. The lowest BCUT2D eigenvalue weighted by Gasteiger charge is -2.40. The predicted molar refractivity (Wildman–Crippen MR) is 114 cm³/mol. The van der Waals surface area contributed by atoms with E-state index in [-0.39, 0.29) is 25.8 Å². The molecule has 0 unspecified atom stereocenters. The fourth-order valence-electron chi connectivity index (χ4n) is 4.13. The Hall–Kier alpha value is -3.17. The van der Waals surface area contributed by atoms with E-state index in [1.54, 1.807) is 13.8 Å².